The van der Waals surface area contributed by atoms with Gasteiger partial charge in [-0.2, -0.15) is 0 Å². The first-order chi connectivity index (χ1) is 7.86. The van der Waals surface area contributed by atoms with Gasteiger partial charge in [0.2, 0.25) is 0 Å². The van der Waals surface area contributed by atoms with Crippen LogP contribution in [0.25, 0.3) is 0 Å². The Morgan fingerprint density at radius 2 is 1.94 bits per heavy atom. The summed E-state index contributed by atoms with van der Waals surface area (Å²) in [4.78, 5) is 0. The molecule has 2 N–H and O–H groups in total. The molecule has 5 atom stereocenters. The summed E-state index contributed by atoms with van der Waals surface area (Å²) in [5, 5.41) is 0. The summed E-state index contributed by atoms with van der Waals surface area (Å²) in [5.74, 6) is 3.59. The van der Waals surface area contributed by atoms with E-state index < -0.39 is 0 Å². The molecule has 3 saturated carbocycles. The molecule has 2 bridgehead atoms. The Morgan fingerprint density at radius 3 is 2.62 bits per heavy atom. The van der Waals surface area contributed by atoms with Gasteiger partial charge in [-0.1, -0.05) is 12.8 Å². The predicted octanol–water partition coefficient (Wildman–Crippen LogP) is 2.57. The van der Waals surface area contributed by atoms with Gasteiger partial charge < -0.3 is 10.5 Å². The summed E-state index contributed by atoms with van der Waals surface area (Å²) in [7, 11) is 0. The fourth-order valence-electron chi connectivity index (χ4n) is 4.32. The minimum absolute atomic E-state index is 0.490. The highest BCUT2D eigenvalue weighted by Crippen LogP contribution is 2.48. The van der Waals surface area contributed by atoms with Crippen molar-refractivity contribution in [1.29, 1.82) is 0 Å². The molecule has 3 aliphatic rings. The zero-order chi connectivity index (χ0) is 11.0. The molecule has 2 heteroatoms. The number of fused-ring (bicyclic) bond motifs is 2. The van der Waals surface area contributed by atoms with Gasteiger partial charge >= 0.3 is 0 Å². The molecule has 0 amide bonds. The van der Waals surface area contributed by atoms with Crippen LogP contribution in [0.3, 0.4) is 0 Å². The molecule has 5 unspecified atom stereocenters. The normalized spacial score (nSPS) is 46.7. The summed E-state index contributed by atoms with van der Waals surface area (Å²) in [6, 6.07) is 0. The first kappa shape index (κ1) is 11.0. The number of rotatable bonds is 4. The Bertz CT molecular complexity index is 237. The van der Waals surface area contributed by atoms with Gasteiger partial charge in [0.05, 0.1) is 12.7 Å². The van der Waals surface area contributed by atoms with Gasteiger partial charge in [0.15, 0.2) is 0 Å². The predicted molar refractivity (Wildman–Crippen MR) is 65.1 cm³/mol. The van der Waals surface area contributed by atoms with E-state index in [9.17, 15) is 0 Å². The Labute approximate surface area is 98.9 Å². The van der Waals surface area contributed by atoms with Gasteiger partial charge in [-0.05, 0) is 62.3 Å². The van der Waals surface area contributed by atoms with E-state index in [0.29, 0.717) is 12.0 Å². The van der Waals surface area contributed by atoms with Crippen molar-refractivity contribution in [2.24, 2.45) is 29.4 Å². The topological polar surface area (TPSA) is 35.2 Å². The first-order valence-electron chi connectivity index (χ1n) is 7.18. The Hall–Kier alpha value is -0.0800. The fraction of sp³-hybridized carbons (Fsp3) is 1.00. The molecule has 0 spiro atoms. The first-order valence-corrected chi connectivity index (χ1v) is 7.18. The van der Waals surface area contributed by atoms with Gasteiger partial charge in [0.25, 0.3) is 0 Å². The van der Waals surface area contributed by atoms with Crippen LogP contribution in [-0.4, -0.2) is 19.3 Å². The van der Waals surface area contributed by atoms with Crippen molar-refractivity contribution in [3.05, 3.63) is 0 Å². The van der Waals surface area contributed by atoms with Crippen LogP contribution in [0.4, 0.5) is 0 Å². The highest BCUT2D eigenvalue weighted by atomic mass is 16.5. The van der Waals surface area contributed by atoms with Crippen LogP contribution in [0.1, 0.15) is 44.9 Å². The summed E-state index contributed by atoms with van der Waals surface area (Å²) < 4.78 is 6.16. The lowest BCUT2D eigenvalue weighted by Crippen LogP contribution is -2.28. The molecule has 0 radical (unpaired) electrons. The van der Waals surface area contributed by atoms with Crippen molar-refractivity contribution in [2.45, 2.75) is 51.0 Å². The van der Waals surface area contributed by atoms with Crippen LogP contribution in [0, 0.1) is 23.7 Å². The van der Waals surface area contributed by atoms with Crippen LogP contribution < -0.4 is 5.73 Å². The van der Waals surface area contributed by atoms with Crippen LogP contribution in [0.2, 0.25) is 0 Å². The maximum atomic E-state index is 6.16. The Balaban J connectivity index is 1.46. The molecule has 0 saturated heterocycles. The Kier molecular flexibility index (Phi) is 3.21. The smallest absolute Gasteiger partial charge is 0.0615 e. The summed E-state index contributed by atoms with van der Waals surface area (Å²) in [5.41, 5.74) is 5.79. The summed E-state index contributed by atoms with van der Waals surface area (Å²) in [6.07, 6.45) is 10.3. The molecule has 16 heavy (non-hydrogen) atoms. The average molecular weight is 223 g/mol. The molecular formula is C14H25NO. The molecule has 0 aromatic heterocycles. The van der Waals surface area contributed by atoms with E-state index in [1.165, 1.54) is 44.9 Å². The molecule has 0 aliphatic heterocycles. The minimum atomic E-state index is 0.490. The van der Waals surface area contributed by atoms with Crippen molar-refractivity contribution in [1.82, 2.24) is 0 Å². The molecule has 2 nitrogen and oxygen atoms in total. The third-order valence-electron chi connectivity index (χ3n) is 5.30. The minimum Gasteiger partial charge on any atom is -0.378 e. The molecule has 92 valence electrons. The maximum Gasteiger partial charge on any atom is 0.0615 e. The van der Waals surface area contributed by atoms with Gasteiger partial charge in [-0.15, -0.1) is 0 Å². The number of ether oxygens (including phenoxy) is 1. The molecule has 3 fully saturated rings. The Morgan fingerprint density at radius 1 is 1.00 bits per heavy atom. The lowest BCUT2D eigenvalue weighted by molar-refractivity contribution is -0.00168. The second kappa shape index (κ2) is 4.66. The molecule has 3 rings (SSSR count). The SMILES string of the molecule is NCC1CCCC1OCC1CC2CCC1C2. The maximum absolute atomic E-state index is 6.16. The quantitative estimate of drug-likeness (QED) is 0.795. The molecule has 0 heterocycles. The van der Waals surface area contributed by atoms with Crippen LogP contribution in [-0.2, 0) is 4.74 Å². The molecule has 0 aromatic carbocycles. The van der Waals surface area contributed by atoms with E-state index in [1.54, 1.807) is 0 Å². The zero-order valence-corrected chi connectivity index (χ0v) is 10.2. The fourth-order valence-corrected chi connectivity index (χ4v) is 4.32. The number of hydrogen-bond acceptors (Lipinski definition) is 2. The zero-order valence-electron chi connectivity index (χ0n) is 10.2. The van der Waals surface area contributed by atoms with Crippen molar-refractivity contribution in [2.75, 3.05) is 13.2 Å². The van der Waals surface area contributed by atoms with E-state index >= 15 is 0 Å². The summed E-state index contributed by atoms with van der Waals surface area (Å²) >= 11 is 0. The number of nitrogens with two attached hydrogens (primary N) is 1. The highest BCUT2D eigenvalue weighted by molar-refractivity contribution is 4.90. The molecule has 3 aliphatic carbocycles. The van der Waals surface area contributed by atoms with Crippen LogP contribution >= 0.6 is 0 Å². The van der Waals surface area contributed by atoms with E-state index in [1.807, 2.05) is 0 Å². The third-order valence-corrected chi connectivity index (χ3v) is 5.30. The second-order valence-corrected chi connectivity index (χ2v) is 6.23. The van der Waals surface area contributed by atoms with E-state index in [-0.39, 0.29) is 0 Å². The van der Waals surface area contributed by atoms with Crippen LogP contribution in [0.15, 0.2) is 0 Å². The van der Waals surface area contributed by atoms with E-state index in [0.717, 1.165) is 30.9 Å². The van der Waals surface area contributed by atoms with Gasteiger partial charge in [0.1, 0.15) is 0 Å². The molecular weight excluding hydrogens is 198 g/mol. The number of hydrogen-bond donors (Lipinski definition) is 1. The van der Waals surface area contributed by atoms with Crippen LogP contribution in [0.5, 0.6) is 0 Å². The lowest BCUT2D eigenvalue weighted by atomic mass is 9.89. The van der Waals surface area contributed by atoms with Gasteiger partial charge in [-0.25, -0.2) is 0 Å². The second-order valence-electron chi connectivity index (χ2n) is 6.23. The standard InChI is InChI=1S/C14H25NO/c15-8-12-2-1-3-14(12)16-9-13-7-10-4-5-11(13)6-10/h10-14H,1-9,15H2. The highest BCUT2D eigenvalue weighted by Gasteiger charge is 2.40. The van der Waals surface area contributed by atoms with E-state index in [2.05, 4.69) is 0 Å². The van der Waals surface area contributed by atoms with Crippen molar-refractivity contribution in [3.8, 4) is 0 Å². The van der Waals surface area contributed by atoms with Gasteiger partial charge in [0, 0.05) is 0 Å². The largest absolute Gasteiger partial charge is 0.378 e. The van der Waals surface area contributed by atoms with E-state index in [4.69, 9.17) is 10.5 Å². The third kappa shape index (κ3) is 2.02. The monoisotopic (exact) mass is 223 g/mol. The lowest BCUT2D eigenvalue weighted by Gasteiger charge is -2.25. The van der Waals surface area contributed by atoms with Gasteiger partial charge in [-0.3, -0.25) is 0 Å². The summed E-state index contributed by atoms with van der Waals surface area (Å²) in [6.45, 7) is 1.85. The average Bonchev–Trinajstić information content (AvgIpc) is 3.01. The van der Waals surface area contributed by atoms with Crippen molar-refractivity contribution < 1.29 is 4.74 Å². The van der Waals surface area contributed by atoms with Crippen molar-refractivity contribution in [3.63, 3.8) is 0 Å². The van der Waals surface area contributed by atoms with Crippen molar-refractivity contribution >= 4 is 0 Å². The molecule has 0 aromatic rings.